The lowest BCUT2D eigenvalue weighted by molar-refractivity contribution is 0.0915. The number of benzene rings is 2. The van der Waals surface area contributed by atoms with Crippen molar-refractivity contribution in [3.8, 4) is 28.6 Å². The van der Waals surface area contributed by atoms with Crippen molar-refractivity contribution in [2.45, 2.75) is 45.3 Å². The van der Waals surface area contributed by atoms with Gasteiger partial charge >= 0.3 is 0 Å². The number of hydrogen-bond donors (Lipinski definition) is 1. The summed E-state index contributed by atoms with van der Waals surface area (Å²) in [5, 5.41) is 15.9. The number of carbonyl (C=O) groups is 1. The number of hydrogen-bond acceptors (Lipinski definition) is 7. The Morgan fingerprint density at radius 2 is 1.84 bits per heavy atom. The summed E-state index contributed by atoms with van der Waals surface area (Å²) in [5.74, 6) is 3.67. The van der Waals surface area contributed by atoms with E-state index in [0.717, 1.165) is 43.0 Å². The normalized spacial score (nSPS) is 13.9. The molecule has 4 aromatic rings. The van der Waals surface area contributed by atoms with Crippen molar-refractivity contribution in [1.29, 1.82) is 0 Å². The first-order valence-corrected chi connectivity index (χ1v) is 12.8. The Kier molecular flexibility index (Phi) is 7.69. The average molecular weight is 517 g/mol. The number of amides is 1. The van der Waals surface area contributed by atoms with Crippen LogP contribution in [-0.2, 0) is 24.8 Å². The molecule has 2 aromatic carbocycles. The molecular weight excluding hydrogens is 484 g/mol. The molecule has 0 bridgehead atoms. The minimum absolute atomic E-state index is 0.209. The summed E-state index contributed by atoms with van der Waals surface area (Å²) in [6.07, 6.45) is 6.02. The first-order valence-electron chi connectivity index (χ1n) is 12.8. The van der Waals surface area contributed by atoms with Crippen molar-refractivity contribution in [2.75, 3.05) is 19.0 Å². The van der Waals surface area contributed by atoms with Gasteiger partial charge in [0.05, 0.1) is 6.61 Å². The fourth-order valence-electron chi connectivity index (χ4n) is 4.51. The second-order valence-corrected chi connectivity index (χ2v) is 9.43. The maximum atomic E-state index is 13.0. The highest BCUT2D eigenvalue weighted by Gasteiger charge is 2.17. The third kappa shape index (κ3) is 6.03. The molecule has 38 heavy (non-hydrogen) atoms. The second-order valence-electron chi connectivity index (χ2n) is 9.43. The molecule has 198 valence electrons. The maximum Gasteiger partial charge on any atom is 0.257 e. The van der Waals surface area contributed by atoms with Crippen molar-refractivity contribution in [3.63, 3.8) is 0 Å². The molecule has 0 fully saturated rings. The van der Waals surface area contributed by atoms with Gasteiger partial charge in [0, 0.05) is 56.6 Å². The van der Waals surface area contributed by atoms with E-state index in [1.807, 2.05) is 31.2 Å². The average Bonchev–Trinajstić information content (AvgIpc) is 3.42. The monoisotopic (exact) mass is 516 g/mol. The van der Waals surface area contributed by atoms with E-state index in [9.17, 15) is 4.79 Å². The van der Waals surface area contributed by atoms with E-state index in [1.165, 1.54) is 6.42 Å². The Hall–Kier alpha value is -4.18. The van der Waals surface area contributed by atoms with E-state index >= 15 is 0 Å². The number of aryl methyl sites for hydroxylation is 2. The maximum absolute atomic E-state index is 13.0. The molecule has 0 spiro atoms. The van der Waals surface area contributed by atoms with Crippen LogP contribution in [0.4, 0.5) is 5.82 Å². The van der Waals surface area contributed by atoms with Gasteiger partial charge in [-0.2, -0.15) is 5.10 Å². The lowest BCUT2D eigenvalue weighted by atomic mass is 10.1. The molecule has 5 rings (SSSR count). The van der Waals surface area contributed by atoms with E-state index in [-0.39, 0.29) is 12.0 Å². The van der Waals surface area contributed by atoms with E-state index in [1.54, 1.807) is 49.3 Å². The molecule has 10 nitrogen and oxygen atoms in total. The minimum Gasteiger partial charge on any atom is -0.488 e. The molecule has 3 heterocycles. The number of nitrogens with zero attached hydrogens (tertiary/aromatic N) is 5. The Morgan fingerprint density at radius 1 is 1.03 bits per heavy atom. The zero-order valence-corrected chi connectivity index (χ0v) is 21.9. The molecule has 10 heteroatoms. The fraction of sp³-hybridized carbons (Fsp3) is 0.357. The van der Waals surface area contributed by atoms with Crippen molar-refractivity contribution in [1.82, 2.24) is 24.5 Å². The molecule has 1 N–H and O–H groups in total. The van der Waals surface area contributed by atoms with Crippen LogP contribution in [-0.4, -0.2) is 50.3 Å². The highest BCUT2D eigenvalue weighted by molar-refractivity contribution is 6.04. The smallest absolute Gasteiger partial charge is 0.257 e. The highest BCUT2D eigenvalue weighted by Crippen LogP contribution is 2.30. The second kappa shape index (κ2) is 11.5. The van der Waals surface area contributed by atoms with Gasteiger partial charge in [-0.05, 0) is 56.2 Å². The lowest BCUT2D eigenvalue weighted by Crippen LogP contribution is -2.18. The Balaban J connectivity index is 1.37. The third-order valence-corrected chi connectivity index (χ3v) is 6.29. The van der Waals surface area contributed by atoms with Crippen molar-refractivity contribution >= 4 is 11.7 Å². The summed E-state index contributed by atoms with van der Waals surface area (Å²) in [6, 6.07) is 14.6. The summed E-state index contributed by atoms with van der Waals surface area (Å²) in [6.45, 7) is 3.25. The number of anilines is 1. The molecule has 1 atom stereocenters. The zero-order valence-electron chi connectivity index (χ0n) is 21.9. The largest absolute Gasteiger partial charge is 0.488 e. The van der Waals surface area contributed by atoms with Gasteiger partial charge in [0.25, 0.3) is 5.91 Å². The van der Waals surface area contributed by atoms with Gasteiger partial charge in [-0.15, -0.1) is 10.2 Å². The predicted octanol–water partition coefficient (Wildman–Crippen LogP) is 4.86. The summed E-state index contributed by atoms with van der Waals surface area (Å²) in [4.78, 5) is 13.0. The van der Waals surface area contributed by atoms with Crippen LogP contribution in [0.15, 0.2) is 54.7 Å². The summed E-state index contributed by atoms with van der Waals surface area (Å²) in [5.41, 5.74) is 1.37. The first-order chi connectivity index (χ1) is 18.5. The first kappa shape index (κ1) is 25.5. The van der Waals surface area contributed by atoms with Crippen molar-refractivity contribution in [2.24, 2.45) is 7.05 Å². The minimum atomic E-state index is -0.318. The van der Waals surface area contributed by atoms with Gasteiger partial charge in [-0.3, -0.25) is 9.48 Å². The molecule has 1 aliphatic heterocycles. The van der Waals surface area contributed by atoms with Gasteiger partial charge in [-0.25, -0.2) is 0 Å². The predicted molar refractivity (Wildman–Crippen MR) is 143 cm³/mol. The molecular formula is C28H32N6O4. The van der Waals surface area contributed by atoms with Gasteiger partial charge in [-0.1, -0.05) is 6.42 Å². The Bertz CT molecular complexity index is 1390. The fourth-order valence-corrected chi connectivity index (χ4v) is 4.51. The van der Waals surface area contributed by atoms with E-state index in [2.05, 4.69) is 25.2 Å². The van der Waals surface area contributed by atoms with Crippen LogP contribution in [0.1, 0.15) is 42.4 Å². The topological polar surface area (TPSA) is 105 Å². The lowest BCUT2D eigenvalue weighted by Gasteiger charge is -2.16. The van der Waals surface area contributed by atoms with Crippen LogP contribution >= 0.6 is 0 Å². The van der Waals surface area contributed by atoms with Gasteiger partial charge in [0.15, 0.2) is 11.6 Å². The van der Waals surface area contributed by atoms with Crippen LogP contribution in [0.3, 0.4) is 0 Å². The molecule has 2 aromatic heterocycles. The van der Waals surface area contributed by atoms with E-state index in [4.69, 9.17) is 14.2 Å². The molecule has 0 aliphatic carbocycles. The quantitative estimate of drug-likeness (QED) is 0.339. The number of rotatable bonds is 9. The Morgan fingerprint density at radius 3 is 2.61 bits per heavy atom. The molecule has 0 unspecified atom stereocenters. The van der Waals surface area contributed by atoms with Crippen molar-refractivity contribution in [3.05, 3.63) is 66.1 Å². The molecule has 0 saturated heterocycles. The zero-order chi connectivity index (χ0) is 26.5. The molecule has 0 radical (unpaired) electrons. The van der Waals surface area contributed by atoms with Gasteiger partial charge in [0.1, 0.15) is 29.2 Å². The van der Waals surface area contributed by atoms with Crippen LogP contribution in [0.5, 0.6) is 17.2 Å². The van der Waals surface area contributed by atoms with Crippen LogP contribution in [0.2, 0.25) is 0 Å². The third-order valence-electron chi connectivity index (χ3n) is 6.29. The van der Waals surface area contributed by atoms with E-state index < -0.39 is 0 Å². The standard InChI is InChI=1S/C28H32N6O4/c1-19(18-36-3)37-23-15-21(28(35)29-25-12-14-33(2)32-25)16-24(17-23)38-22-10-8-20(9-11-22)27-31-30-26-7-5-4-6-13-34(26)27/h8-12,14-17,19H,4-7,13,18H2,1-3H3,(H,29,32,35)/t19-/m1/s1. The van der Waals surface area contributed by atoms with Gasteiger partial charge in [0.2, 0.25) is 0 Å². The highest BCUT2D eigenvalue weighted by atomic mass is 16.5. The summed E-state index contributed by atoms with van der Waals surface area (Å²) >= 11 is 0. The number of aromatic nitrogens is 5. The number of fused-ring (bicyclic) bond motifs is 1. The molecule has 1 amide bonds. The van der Waals surface area contributed by atoms with Crippen molar-refractivity contribution < 1.29 is 19.0 Å². The summed E-state index contributed by atoms with van der Waals surface area (Å²) < 4.78 is 21.2. The Labute approximate surface area is 221 Å². The number of methoxy groups -OCH3 is 1. The van der Waals surface area contributed by atoms with E-state index in [0.29, 0.717) is 35.2 Å². The van der Waals surface area contributed by atoms with Crippen LogP contribution in [0, 0.1) is 0 Å². The molecule has 1 aliphatic rings. The summed E-state index contributed by atoms with van der Waals surface area (Å²) in [7, 11) is 3.41. The van der Waals surface area contributed by atoms with Crippen LogP contribution in [0.25, 0.3) is 11.4 Å². The van der Waals surface area contributed by atoms with Crippen LogP contribution < -0.4 is 14.8 Å². The SMILES string of the molecule is COC[C@@H](C)Oc1cc(Oc2ccc(-c3nnc4n3CCCCC4)cc2)cc(C(=O)Nc2ccn(C)n2)c1. The number of nitrogens with one attached hydrogen (secondary N) is 1. The van der Waals surface area contributed by atoms with Gasteiger partial charge < -0.3 is 24.1 Å². The molecule has 0 saturated carbocycles. The number of ether oxygens (including phenoxy) is 3. The number of carbonyl (C=O) groups excluding carboxylic acids is 1.